The average Bonchev–Trinajstić information content (AvgIpc) is 2.44. The molecule has 0 saturated heterocycles. The fourth-order valence-electron chi connectivity index (χ4n) is 1.97. The molecule has 15 heavy (non-hydrogen) atoms. The minimum atomic E-state index is 0.763. The van der Waals surface area contributed by atoms with Gasteiger partial charge < -0.3 is 0 Å². The summed E-state index contributed by atoms with van der Waals surface area (Å²) in [6.07, 6.45) is 7.83. The van der Waals surface area contributed by atoms with Crippen molar-refractivity contribution in [1.82, 2.24) is 0 Å². The molecule has 0 fully saturated rings. The van der Waals surface area contributed by atoms with Crippen LogP contribution in [0.1, 0.15) is 32.6 Å². The molecule has 1 aromatic carbocycles. The van der Waals surface area contributed by atoms with Crippen LogP contribution in [0.5, 0.6) is 0 Å². The van der Waals surface area contributed by atoms with E-state index in [1.54, 1.807) is 4.91 Å². The summed E-state index contributed by atoms with van der Waals surface area (Å²) in [5.41, 5.74) is 0. The van der Waals surface area contributed by atoms with Gasteiger partial charge in [0, 0.05) is 4.90 Å². The van der Waals surface area contributed by atoms with Crippen molar-refractivity contribution in [1.29, 1.82) is 0 Å². The van der Waals surface area contributed by atoms with Crippen molar-refractivity contribution in [3.05, 3.63) is 41.3 Å². The first kappa shape index (κ1) is 10.8. The maximum atomic E-state index is 2.46. The molecule has 0 N–H and O–H groups in total. The largest absolute Gasteiger partial charge is 0.0949 e. The van der Waals surface area contributed by atoms with Gasteiger partial charge in [-0.15, -0.1) is 0 Å². The second-order valence-electron chi connectivity index (χ2n) is 4.27. The lowest BCUT2D eigenvalue weighted by molar-refractivity contribution is 0.604. The van der Waals surface area contributed by atoms with Gasteiger partial charge in [0.2, 0.25) is 0 Å². The second kappa shape index (κ2) is 5.41. The van der Waals surface area contributed by atoms with E-state index in [-0.39, 0.29) is 0 Å². The van der Waals surface area contributed by atoms with Gasteiger partial charge in [0.1, 0.15) is 0 Å². The van der Waals surface area contributed by atoms with Gasteiger partial charge in [-0.25, -0.2) is 0 Å². The first-order chi connectivity index (χ1) is 7.34. The number of hydrogen-bond donors (Lipinski definition) is 0. The van der Waals surface area contributed by atoms with Crippen LogP contribution in [0.3, 0.4) is 0 Å². The maximum Gasteiger partial charge on any atom is 0.0118 e. The molecule has 1 aliphatic carbocycles. The third-order valence-corrected chi connectivity index (χ3v) is 3.91. The third-order valence-electron chi connectivity index (χ3n) is 2.80. The highest BCUT2D eigenvalue weighted by atomic mass is 32.2. The molecular formula is C14H18S. The van der Waals surface area contributed by atoms with Crippen LogP contribution in [0.25, 0.3) is 0 Å². The summed E-state index contributed by atoms with van der Waals surface area (Å²) in [5.74, 6) is 0.763. The van der Waals surface area contributed by atoms with E-state index >= 15 is 0 Å². The summed E-state index contributed by atoms with van der Waals surface area (Å²) >= 11 is 1.94. The first-order valence-electron chi connectivity index (χ1n) is 5.78. The van der Waals surface area contributed by atoms with Crippen LogP contribution in [-0.2, 0) is 0 Å². The highest BCUT2D eigenvalue weighted by Gasteiger charge is 2.08. The molecule has 0 spiro atoms. The molecule has 80 valence electrons. The number of rotatable bonds is 2. The van der Waals surface area contributed by atoms with Crippen LogP contribution in [-0.4, -0.2) is 0 Å². The Kier molecular flexibility index (Phi) is 3.90. The van der Waals surface area contributed by atoms with Crippen LogP contribution >= 0.6 is 11.8 Å². The molecule has 0 aromatic heterocycles. The Balaban J connectivity index is 2.04. The van der Waals surface area contributed by atoms with E-state index in [1.807, 2.05) is 11.8 Å². The SMILES string of the molecule is CC1C=C(Sc2ccccc2)CCCC1. The number of thioether (sulfide) groups is 1. The summed E-state index contributed by atoms with van der Waals surface area (Å²) in [6, 6.07) is 10.7. The van der Waals surface area contributed by atoms with Gasteiger partial charge in [-0.05, 0) is 42.2 Å². The molecular weight excluding hydrogens is 200 g/mol. The van der Waals surface area contributed by atoms with Gasteiger partial charge in [0.15, 0.2) is 0 Å². The molecule has 1 aliphatic rings. The normalized spacial score (nSPS) is 21.9. The number of allylic oxidation sites excluding steroid dienone is 2. The molecule has 0 aliphatic heterocycles. The number of benzene rings is 1. The van der Waals surface area contributed by atoms with Crippen molar-refractivity contribution in [3.63, 3.8) is 0 Å². The van der Waals surface area contributed by atoms with Crippen molar-refractivity contribution in [2.75, 3.05) is 0 Å². The zero-order valence-corrected chi connectivity index (χ0v) is 10.1. The monoisotopic (exact) mass is 218 g/mol. The summed E-state index contributed by atoms with van der Waals surface area (Å²) < 4.78 is 0. The summed E-state index contributed by atoms with van der Waals surface area (Å²) in [5, 5.41) is 0. The Bertz CT molecular complexity index is 326. The van der Waals surface area contributed by atoms with E-state index in [1.165, 1.54) is 30.6 Å². The lowest BCUT2D eigenvalue weighted by Gasteiger charge is -2.05. The van der Waals surface area contributed by atoms with Crippen molar-refractivity contribution in [2.24, 2.45) is 5.92 Å². The lowest BCUT2D eigenvalue weighted by atomic mass is 10.1. The van der Waals surface area contributed by atoms with Gasteiger partial charge in [-0.2, -0.15) is 0 Å². The van der Waals surface area contributed by atoms with Crippen molar-refractivity contribution < 1.29 is 0 Å². The van der Waals surface area contributed by atoms with E-state index in [0.29, 0.717) is 0 Å². The second-order valence-corrected chi connectivity index (χ2v) is 5.47. The van der Waals surface area contributed by atoms with E-state index in [4.69, 9.17) is 0 Å². The van der Waals surface area contributed by atoms with E-state index in [2.05, 4.69) is 43.3 Å². The lowest BCUT2D eigenvalue weighted by Crippen LogP contribution is -1.86. The van der Waals surface area contributed by atoms with Crippen LogP contribution in [0.15, 0.2) is 46.2 Å². The zero-order valence-electron chi connectivity index (χ0n) is 9.28. The molecule has 0 nitrogen and oxygen atoms in total. The molecule has 0 radical (unpaired) electrons. The molecule has 0 heterocycles. The maximum absolute atomic E-state index is 2.46. The molecule has 1 atom stereocenters. The topological polar surface area (TPSA) is 0 Å². The average molecular weight is 218 g/mol. The molecule has 1 unspecified atom stereocenters. The quantitative estimate of drug-likeness (QED) is 0.682. The van der Waals surface area contributed by atoms with Crippen LogP contribution in [0.2, 0.25) is 0 Å². The van der Waals surface area contributed by atoms with E-state index in [9.17, 15) is 0 Å². The van der Waals surface area contributed by atoms with Gasteiger partial charge in [0.05, 0.1) is 0 Å². The fraction of sp³-hybridized carbons (Fsp3) is 0.429. The van der Waals surface area contributed by atoms with Gasteiger partial charge in [0.25, 0.3) is 0 Å². The first-order valence-corrected chi connectivity index (χ1v) is 6.60. The highest BCUT2D eigenvalue weighted by molar-refractivity contribution is 8.03. The predicted molar refractivity (Wildman–Crippen MR) is 68.0 cm³/mol. The van der Waals surface area contributed by atoms with Crippen LogP contribution in [0.4, 0.5) is 0 Å². The minimum Gasteiger partial charge on any atom is -0.0949 e. The predicted octanol–water partition coefficient (Wildman–Crippen LogP) is 4.87. The molecule has 1 aromatic rings. The summed E-state index contributed by atoms with van der Waals surface area (Å²) in [6.45, 7) is 2.33. The van der Waals surface area contributed by atoms with Gasteiger partial charge in [-0.1, -0.05) is 49.4 Å². The Labute approximate surface area is 96.8 Å². The van der Waals surface area contributed by atoms with Crippen LogP contribution in [0, 0.1) is 5.92 Å². The van der Waals surface area contributed by atoms with E-state index in [0.717, 1.165) is 5.92 Å². The smallest absolute Gasteiger partial charge is 0.0118 e. The molecule has 1 heteroatoms. The van der Waals surface area contributed by atoms with Gasteiger partial charge in [-0.3, -0.25) is 0 Å². The van der Waals surface area contributed by atoms with Gasteiger partial charge >= 0.3 is 0 Å². The summed E-state index contributed by atoms with van der Waals surface area (Å²) in [4.78, 5) is 2.93. The minimum absolute atomic E-state index is 0.763. The Morgan fingerprint density at radius 2 is 1.93 bits per heavy atom. The van der Waals surface area contributed by atoms with E-state index < -0.39 is 0 Å². The highest BCUT2D eigenvalue weighted by Crippen LogP contribution is 2.33. The Morgan fingerprint density at radius 3 is 2.73 bits per heavy atom. The fourth-order valence-corrected chi connectivity index (χ4v) is 3.12. The molecule has 2 rings (SSSR count). The zero-order chi connectivity index (χ0) is 10.5. The van der Waals surface area contributed by atoms with Crippen molar-refractivity contribution in [3.8, 4) is 0 Å². The Morgan fingerprint density at radius 1 is 1.13 bits per heavy atom. The van der Waals surface area contributed by atoms with Crippen LogP contribution < -0.4 is 0 Å². The summed E-state index contributed by atoms with van der Waals surface area (Å²) in [7, 11) is 0. The van der Waals surface area contributed by atoms with Crippen molar-refractivity contribution >= 4 is 11.8 Å². The molecule has 0 bridgehead atoms. The standard InChI is InChI=1S/C14H18S/c1-12-7-5-6-10-14(11-12)15-13-8-3-2-4-9-13/h2-4,8-9,11-12H,5-7,10H2,1H3. The molecule has 0 amide bonds. The molecule has 0 saturated carbocycles. The van der Waals surface area contributed by atoms with Crippen molar-refractivity contribution in [2.45, 2.75) is 37.5 Å². The third kappa shape index (κ3) is 3.42. The Hall–Kier alpha value is -0.690. The number of hydrogen-bond acceptors (Lipinski definition) is 1.